The summed E-state index contributed by atoms with van der Waals surface area (Å²) in [5.74, 6) is -1.96. The number of nitrogens with one attached hydrogen (secondary N) is 1. The van der Waals surface area contributed by atoms with Gasteiger partial charge in [-0.15, -0.1) is 0 Å². The highest BCUT2D eigenvalue weighted by molar-refractivity contribution is 5.67. The number of amides is 1. The van der Waals surface area contributed by atoms with Crippen molar-refractivity contribution in [1.82, 2.24) is 5.32 Å². The standard InChI is InChI=1S/C11H23NO3/c1-8(7-13)6-9(2)12-10(14)15-11(3,4)5/h8-9,13H,6-7H2,1-5H3,(H,12,14)/t8-,9+/m0/s1/i1+0D3,6D,7D2/t6-,8+,9-/m1. The van der Waals surface area contributed by atoms with Crippen molar-refractivity contribution in [2.24, 2.45) is 5.92 Å². The van der Waals surface area contributed by atoms with Gasteiger partial charge in [-0.25, -0.2) is 4.79 Å². The van der Waals surface area contributed by atoms with Crippen molar-refractivity contribution in [2.75, 3.05) is 6.56 Å². The lowest BCUT2D eigenvalue weighted by molar-refractivity contribution is 0.0499. The Morgan fingerprint density at radius 3 is 2.67 bits per heavy atom. The van der Waals surface area contributed by atoms with Crippen LogP contribution in [0.25, 0.3) is 0 Å². The van der Waals surface area contributed by atoms with Crippen molar-refractivity contribution in [3.05, 3.63) is 0 Å². The van der Waals surface area contributed by atoms with E-state index in [1.54, 1.807) is 20.8 Å². The molecule has 0 aliphatic heterocycles. The minimum absolute atomic E-state index is 0.754. The van der Waals surface area contributed by atoms with E-state index in [9.17, 15) is 9.90 Å². The molecule has 0 radical (unpaired) electrons. The van der Waals surface area contributed by atoms with Gasteiger partial charge in [0.2, 0.25) is 0 Å². The van der Waals surface area contributed by atoms with Gasteiger partial charge in [0, 0.05) is 18.1 Å². The van der Waals surface area contributed by atoms with Crippen molar-refractivity contribution in [1.29, 1.82) is 0 Å². The van der Waals surface area contributed by atoms with Crippen LogP contribution in [0.2, 0.25) is 0 Å². The number of carbonyl (C=O) groups excluding carboxylic acids is 1. The van der Waals surface area contributed by atoms with Crippen molar-refractivity contribution >= 4 is 6.09 Å². The van der Waals surface area contributed by atoms with E-state index in [0.717, 1.165) is 0 Å². The van der Waals surface area contributed by atoms with Gasteiger partial charge in [-0.05, 0) is 40.0 Å². The molecule has 0 rings (SSSR count). The van der Waals surface area contributed by atoms with Gasteiger partial charge in [-0.3, -0.25) is 0 Å². The number of alkyl carbamates (subject to hydrolysis) is 1. The summed E-state index contributed by atoms with van der Waals surface area (Å²) in [4.78, 5) is 11.6. The van der Waals surface area contributed by atoms with E-state index in [4.69, 9.17) is 13.0 Å². The molecule has 0 heterocycles. The fraction of sp³-hybridized carbons (Fsp3) is 0.909. The first kappa shape index (κ1) is 6.74. The van der Waals surface area contributed by atoms with Crippen LogP contribution >= 0.6 is 0 Å². The molecule has 3 atom stereocenters. The van der Waals surface area contributed by atoms with Crippen molar-refractivity contribution in [2.45, 2.75) is 52.6 Å². The molecule has 0 bridgehead atoms. The summed E-state index contributed by atoms with van der Waals surface area (Å²) >= 11 is 0. The Morgan fingerprint density at radius 1 is 1.67 bits per heavy atom. The largest absolute Gasteiger partial charge is 0.444 e. The lowest BCUT2D eigenvalue weighted by Crippen LogP contribution is -2.38. The predicted molar refractivity (Wildman–Crippen MR) is 59.7 cm³/mol. The summed E-state index contributed by atoms with van der Waals surface area (Å²) in [6.45, 7) is 0.342. The molecule has 0 saturated carbocycles. The highest BCUT2D eigenvalue weighted by atomic mass is 16.6. The molecule has 15 heavy (non-hydrogen) atoms. The molecule has 0 aromatic rings. The predicted octanol–water partition coefficient (Wildman–Crippen LogP) is 1.92. The highest BCUT2D eigenvalue weighted by Gasteiger charge is 2.18. The monoisotopic (exact) mass is 223 g/mol. The van der Waals surface area contributed by atoms with E-state index < -0.39 is 43.5 Å². The van der Waals surface area contributed by atoms with Gasteiger partial charge >= 0.3 is 6.09 Å². The Morgan fingerprint density at radius 2 is 2.27 bits per heavy atom. The summed E-state index contributed by atoms with van der Waals surface area (Å²) in [6.07, 6.45) is -2.42. The van der Waals surface area contributed by atoms with Crippen LogP contribution in [0.1, 0.15) is 49.2 Å². The average molecular weight is 223 g/mol. The SMILES string of the molecule is [2H][C@@H]([C@@H](C)NC(=O)OC(C)(C)C)[C@@H](C([2H])([2H])O)[12C]([2H])([2H])[2H]. The van der Waals surface area contributed by atoms with Crippen LogP contribution in [0.4, 0.5) is 4.79 Å². The molecule has 0 aliphatic carbocycles. The van der Waals surface area contributed by atoms with Gasteiger partial charge in [0.1, 0.15) is 5.60 Å². The normalized spacial score (nSPS) is 25.4. The molecule has 0 unspecified atom stereocenters. The Bertz CT molecular complexity index is 346. The Hall–Kier alpha value is -0.770. The molecule has 4 heteroatoms. The molecule has 0 fully saturated rings. The van der Waals surface area contributed by atoms with Crippen LogP contribution in [0, 0.1) is 5.92 Å². The summed E-state index contributed by atoms with van der Waals surface area (Å²) < 4.78 is 49.0. The molecule has 0 aromatic carbocycles. The Kier molecular flexibility index (Phi) is 2.67. The minimum Gasteiger partial charge on any atom is -0.444 e. The zero-order valence-electron chi connectivity index (χ0n) is 15.5. The molecule has 0 aromatic heterocycles. The lowest BCUT2D eigenvalue weighted by atomic mass is 10.0. The van der Waals surface area contributed by atoms with Crippen molar-refractivity contribution < 1.29 is 22.9 Å². The second-order valence-electron chi connectivity index (χ2n) is 4.23. The Balaban J connectivity index is 4.96. The third kappa shape index (κ3) is 8.24. The molecule has 0 aliphatic rings. The summed E-state index contributed by atoms with van der Waals surface area (Å²) in [6, 6.07) is -1.02. The molecular formula is C11H23NO3. The fourth-order valence-electron chi connectivity index (χ4n) is 0.873. The third-order valence-corrected chi connectivity index (χ3v) is 1.36. The van der Waals surface area contributed by atoms with Gasteiger partial charge in [-0.2, -0.15) is 0 Å². The maximum atomic E-state index is 11.6. The second kappa shape index (κ2) is 5.95. The highest BCUT2D eigenvalue weighted by Crippen LogP contribution is 2.08. The maximum Gasteiger partial charge on any atom is 0.407 e. The number of rotatable bonds is 4. The molecule has 1 amide bonds. The van der Waals surface area contributed by atoms with Gasteiger partial charge in [-0.1, -0.05) is 6.85 Å². The molecule has 4 nitrogen and oxygen atoms in total. The molecule has 0 spiro atoms. The number of hydrogen-bond donors (Lipinski definition) is 2. The van der Waals surface area contributed by atoms with Crippen LogP contribution in [0.5, 0.6) is 0 Å². The van der Waals surface area contributed by atoms with Crippen LogP contribution in [0.3, 0.4) is 0 Å². The van der Waals surface area contributed by atoms with E-state index in [-0.39, 0.29) is 0 Å². The zero-order chi connectivity index (χ0) is 17.2. The van der Waals surface area contributed by atoms with E-state index in [0.29, 0.717) is 0 Å². The minimum atomic E-state index is -3.07. The number of hydrogen-bond acceptors (Lipinski definition) is 3. The van der Waals surface area contributed by atoms with Gasteiger partial charge in [0.05, 0.1) is 2.74 Å². The van der Waals surface area contributed by atoms with Gasteiger partial charge in [0.25, 0.3) is 0 Å². The molecule has 90 valence electrons. The number of ether oxygens (including phenoxy) is 1. The maximum absolute atomic E-state index is 11.6. The number of carbonyl (C=O) groups is 1. The van der Waals surface area contributed by atoms with Crippen LogP contribution < -0.4 is 5.32 Å². The fourth-order valence-corrected chi connectivity index (χ4v) is 0.873. The van der Waals surface area contributed by atoms with Crippen LogP contribution in [-0.2, 0) is 4.74 Å². The Labute approximate surface area is 100 Å². The van der Waals surface area contributed by atoms with Gasteiger partial charge in [0.15, 0.2) is 0 Å². The smallest absolute Gasteiger partial charge is 0.407 e. The topological polar surface area (TPSA) is 58.6 Å². The summed E-state index contributed by atoms with van der Waals surface area (Å²) in [5, 5.41) is 11.6. The first-order valence-corrected chi connectivity index (χ1v) is 4.70. The lowest BCUT2D eigenvalue weighted by Gasteiger charge is -2.22. The third-order valence-electron chi connectivity index (χ3n) is 1.36. The molecule has 0 saturated heterocycles. The first-order chi connectivity index (χ1) is 9.05. The van der Waals surface area contributed by atoms with E-state index >= 15 is 0 Å². The average Bonchev–Trinajstić information content (AvgIpc) is 2.08. The van der Waals surface area contributed by atoms with Gasteiger partial charge < -0.3 is 15.2 Å². The number of aliphatic hydroxyl groups is 1. The van der Waals surface area contributed by atoms with Crippen molar-refractivity contribution in [3.8, 4) is 0 Å². The molecular weight excluding hydrogens is 194 g/mol. The summed E-state index contributed by atoms with van der Waals surface area (Å²) in [7, 11) is 0. The molecule has 2 N–H and O–H groups in total. The first-order valence-electron chi connectivity index (χ1n) is 7.77. The zero-order valence-corrected chi connectivity index (χ0v) is 9.50. The van der Waals surface area contributed by atoms with E-state index in [1.807, 2.05) is 0 Å². The quantitative estimate of drug-likeness (QED) is 0.765. The summed E-state index contributed by atoms with van der Waals surface area (Å²) in [5.41, 5.74) is -0.754. The van der Waals surface area contributed by atoms with Crippen LogP contribution in [0.15, 0.2) is 0 Å². The van der Waals surface area contributed by atoms with E-state index in [2.05, 4.69) is 5.32 Å². The van der Waals surface area contributed by atoms with E-state index in [1.165, 1.54) is 6.92 Å². The second-order valence-corrected chi connectivity index (χ2v) is 4.23. The van der Waals surface area contributed by atoms with Crippen molar-refractivity contribution in [3.63, 3.8) is 0 Å². The van der Waals surface area contributed by atoms with Crippen LogP contribution in [-0.4, -0.2) is 29.4 Å².